The summed E-state index contributed by atoms with van der Waals surface area (Å²) in [5.41, 5.74) is 11.6. The molecule has 0 aliphatic carbocycles. The van der Waals surface area contributed by atoms with Gasteiger partial charge in [0.15, 0.2) is 0 Å². The Morgan fingerprint density at radius 1 is 0.895 bits per heavy atom. The van der Waals surface area contributed by atoms with Crippen molar-refractivity contribution in [2.75, 3.05) is 5.32 Å². The number of carbonyl (C=O) groups excluding carboxylic acids is 1. The van der Waals surface area contributed by atoms with E-state index >= 15 is 0 Å². The lowest BCUT2D eigenvalue weighted by atomic mass is 10.2. The molecule has 19 heavy (non-hydrogen) atoms. The Hall–Kier alpha value is -2.82. The highest BCUT2D eigenvalue weighted by Crippen LogP contribution is 2.03. The lowest BCUT2D eigenvalue weighted by Crippen LogP contribution is -2.18. The van der Waals surface area contributed by atoms with Gasteiger partial charge in [0.25, 0.3) is 0 Å². The molecular weight excluding hydrogens is 240 g/mol. The van der Waals surface area contributed by atoms with Gasteiger partial charge in [-0.1, -0.05) is 48.5 Å². The minimum atomic E-state index is -0.536. The molecule has 0 spiro atoms. The number of nitrogen functional groups attached to an aromatic ring is 1. The summed E-state index contributed by atoms with van der Waals surface area (Å²) in [6, 6.07) is 17.7. The number of primary amides is 1. The van der Waals surface area contributed by atoms with Crippen molar-refractivity contribution in [1.82, 2.24) is 0 Å². The van der Waals surface area contributed by atoms with E-state index in [1.54, 1.807) is 12.1 Å². The summed E-state index contributed by atoms with van der Waals surface area (Å²) < 4.78 is 0. The third-order valence-electron chi connectivity index (χ3n) is 2.13. The number of hydrogen-bond acceptors (Lipinski definition) is 2. The fourth-order valence-corrected chi connectivity index (χ4v) is 1.28. The van der Waals surface area contributed by atoms with Crippen LogP contribution >= 0.6 is 0 Å². The lowest BCUT2D eigenvalue weighted by Gasteiger charge is -1.97. The molecule has 0 saturated carbocycles. The van der Waals surface area contributed by atoms with Gasteiger partial charge in [0.1, 0.15) is 5.84 Å². The van der Waals surface area contributed by atoms with Crippen LogP contribution in [0.5, 0.6) is 0 Å². The third kappa shape index (κ3) is 5.88. The van der Waals surface area contributed by atoms with Gasteiger partial charge < -0.3 is 16.8 Å². The number of nitrogens with two attached hydrogens (primary N) is 2. The number of urea groups is 1. The van der Waals surface area contributed by atoms with E-state index in [0.717, 1.165) is 11.3 Å². The van der Waals surface area contributed by atoms with E-state index in [0.29, 0.717) is 0 Å². The first-order valence-corrected chi connectivity index (χ1v) is 5.60. The van der Waals surface area contributed by atoms with Crippen LogP contribution in [0.1, 0.15) is 5.56 Å². The highest BCUT2D eigenvalue weighted by molar-refractivity contribution is 5.94. The van der Waals surface area contributed by atoms with Crippen LogP contribution in [0.25, 0.3) is 0 Å². The average Bonchev–Trinajstić information content (AvgIpc) is 2.41. The fourth-order valence-electron chi connectivity index (χ4n) is 1.28. The summed E-state index contributed by atoms with van der Waals surface area (Å²) in [6.07, 6.45) is 0. The van der Waals surface area contributed by atoms with Gasteiger partial charge in [-0.25, -0.2) is 4.79 Å². The molecule has 0 aliphatic rings. The van der Waals surface area contributed by atoms with E-state index in [1.165, 1.54) is 0 Å². The third-order valence-corrected chi connectivity index (χ3v) is 2.13. The molecule has 0 radical (unpaired) electrons. The van der Waals surface area contributed by atoms with Gasteiger partial charge in [0.05, 0.1) is 0 Å². The molecule has 2 aromatic rings. The van der Waals surface area contributed by atoms with Gasteiger partial charge in [-0.15, -0.1) is 0 Å². The van der Waals surface area contributed by atoms with Gasteiger partial charge in [0.2, 0.25) is 0 Å². The van der Waals surface area contributed by atoms with Crippen molar-refractivity contribution in [2.45, 2.75) is 0 Å². The number of hydrogen-bond donors (Lipinski definition) is 4. The molecule has 0 heterocycles. The molecule has 2 rings (SSSR count). The quantitative estimate of drug-likeness (QED) is 0.488. The van der Waals surface area contributed by atoms with Crippen molar-refractivity contribution in [3.8, 4) is 0 Å². The van der Waals surface area contributed by atoms with Crippen LogP contribution in [0.15, 0.2) is 60.7 Å². The van der Waals surface area contributed by atoms with E-state index in [2.05, 4.69) is 5.32 Å². The van der Waals surface area contributed by atoms with E-state index in [1.807, 2.05) is 48.5 Å². The summed E-state index contributed by atoms with van der Waals surface area (Å²) >= 11 is 0. The second-order valence-electron chi connectivity index (χ2n) is 3.63. The summed E-state index contributed by atoms with van der Waals surface area (Å²) in [4.78, 5) is 10.3. The number of para-hydroxylation sites is 1. The summed E-state index contributed by atoms with van der Waals surface area (Å²) in [5, 5.41) is 9.46. The number of amidine groups is 1. The Bertz CT molecular complexity index is 526. The Balaban J connectivity index is 0.000000191. The maximum Gasteiger partial charge on any atom is 0.316 e. The summed E-state index contributed by atoms with van der Waals surface area (Å²) in [6.45, 7) is 0. The first-order chi connectivity index (χ1) is 9.09. The van der Waals surface area contributed by atoms with E-state index in [9.17, 15) is 4.79 Å². The Morgan fingerprint density at radius 3 is 1.74 bits per heavy atom. The highest BCUT2D eigenvalue weighted by Gasteiger charge is 1.91. The maximum atomic E-state index is 10.3. The standard InChI is InChI=1S/C7H8N2O.C7H8N2/c8-7(10)9-6-4-2-1-3-5-6;8-7(9)6-4-2-1-3-5-6/h1-5H,(H3,8,9,10);1-5H,(H3,8,9). The molecule has 5 nitrogen and oxygen atoms in total. The minimum absolute atomic E-state index is 0.121. The molecule has 6 N–H and O–H groups in total. The van der Waals surface area contributed by atoms with Crippen molar-refractivity contribution < 1.29 is 4.79 Å². The number of benzene rings is 2. The largest absolute Gasteiger partial charge is 0.384 e. The molecule has 0 fully saturated rings. The van der Waals surface area contributed by atoms with Crippen LogP contribution in [0.2, 0.25) is 0 Å². The highest BCUT2D eigenvalue weighted by atomic mass is 16.2. The van der Waals surface area contributed by atoms with Gasteiger partial charge in [-0.05, 0) is 12.1 Å². The zero-order chi connectivity index (χ0) is 14.1. The number of nitrogens with one attached hydrogen (secondary N) is 2. The predicted molar refractivity (Wildman–Crippen MR) is 77.1 cm³/mol. The molecule has 0 bridgehead atoms. The number of amides is 2. The molecule has 0 aromatic heterocycles. The second-order valence-corrected chi connectivity index (χ2v) is 3.63. The van der Waals surface area contributed by atoms with Crippen LogP contribution in [-0.4, -0.2) is 11.9 Å². The Morgan fingerprint density at radius 2 is 1.37 bits per heavy atom. The SMILES string of the molecule is N=C(N)c1ccccc1.NC(=O)Nc1ccccc1. The van der Waals surface area contributed by atoms with E-state index in [4.69, 9.17) is 16.9 Å². The predicted octanol–water partition coefficient (Wildman–Crippen LogP) is 2.15. The topological polar surface area (TPSA) is 105 Å². The van der Waals surface area contributed by atoms with Crippen molar-refractivity contribution >= 4 is 17.6 Å². The Kier molecular flexibility index (Phi) is 5.62. The molecule has 0 atom stereocenters. The summed E-state index contributed by atoms with van der Waals surface area (Å²) in [5.74, 6) is 0.121. The van der Waals surface area contributed by atoms with E-state index in [-0.39, 0.29) is 5.84 Å². The van der Waals surface area contributed by atoms with Crippen molar-refractivity contribution in [3.63, 3.8) is 0 Å². The van der Waals surface area contributed by atoms with Crippen molar-refractivity contribution in [3.05, 3.63) is 66.2 Å². The maximum absolute atomic E-state index is 10.3. The first kappa shape index (κ1) is 14.2. The minimum Gasteiger partial charge on any atom is -0.384 e. The van der Waals surface area contributed by atoms with Crippen LogP contribution in [0.3, 0.4) is 0 Å². The second kappa shape index (κ2) is 7.50. The van der Waals surface area contributed by atoms with Crippen molar-refractivity contribution in [2.24, 2.45) is 11.5 Å². The number of rotatable bonds is 2. The molecule has 5 heteroatoms. The summed E-state index contributed by atoms with van der Waals surface area (Å²) in [7, 11) is 0. The molecule has 98 valence electrons. The van der Waals surface area contributed by atoms with Crippen LogP contribution in [0, 0.1) is 5.41 Å². The molecule has 0 unspecified atom stereocenters. The zero-order valence-corrected chi connectivity index (χ0v) is 10.3. The fraction of sp³-hybridized carbons (Fsp3) is 0. The van der Waals surface area contributed by atoms with Gasteiger partial charge in [-0.3, -0.25) is 5.41 Å². The Labute approximate surface area is 111 Å². The van der Waals surface area contributed by atoms with Gasteiger partial charge in [0, 0.05) is 11.3 Å². The smallest absolute Gasteiger partial charge is 0.316 e. The lowest BCUT2D eigenvalue weighted by molar-refractivity contribution is 0.259. The molecule has 0 aliphatic heterocycles. The zero-order valence-electron chi connectivity index (χ0n) is 10.3. The van der Waals surface area contributed by atoms with Crippen LogP contribution in [0.4, 0.5) is 10.5 Å². The number of anilines is 1. The molecule has 0 saturated heterocycles. The first-order valence-electron chi connectivity index (χ1n) is 5.60. The average molecular weight is 256 g/mol. The molecular formula is C14H16N4O. The van der Waals surface area contributed by atoms with E-state index < -0.39 is 6.03 Å². The normalized spacial score (nSPS) is 8.84. The van der Waals surface area contributed by atoms with Crippen LogP contribution in [-0.2, 0) is 0 Å². The molecule has 2 amide bonds. The van der Waals surface area contributed by atoms with Gasteiger partial charge in [-0.2, -0.15) is 0 Å². The van der Waals surface area contributed by atoms with Crippen LogP contribution < -0.4 is 16.8 Å². The molecule has 2 aromatic carbocycles. The van der Waals surface area contributed by atoms with Crippen molar-refractivity contribution in [1.29, 1.82) is 5.41 Å². The van der Waals surface area contributed by atoms with Gasteiger partial charge >= 0.3 is 6.03 Å². The monoisotopic (exact) mass is 256 g/mol. The number of carbonyl (C=O) groups is 1.